The van der Waals surface area contributed by atoms with Crippen molar-refractivity contribution in [2.24, 2.45) is 0 Å². The van der Waals surface area contributed by atoms with Gasteiger partial charge in [-0.05, 0) is 36.8 Å². The SMILES string of the molecule is Cc1cc(NC(=O)c2cccnc2SCc2ccncc2)no1. The molecule has 0 unspecified atom stereocenters. The Morgan fingerprint density at radius 2 is 2.09 bits per heavy atom. The van der Waals surface area contributed by atoms with Gasteiger partial charge in [-0.3, -0.25) is 9.78 Å². The van der Waals surface area contributed by atoms with Gasteiger partial charge in [0.2, 0.25) is 0 Å². The van der Waals surface area contributed by atoms with Gasteiger partial charge in [-0.25, -0.2) is 4.98 Å². The van der Waals surface area contributed by atoms with Gasteiger partial charge in [0.25, 0.3) is 5.91 Å². The van der Waals surface area contributed by atoms with E-state index in [0.29, 0.717) is 27.9 Å². The Balaban J connectivity index is 1.73. The number of aromatic nitrogens is 3. The summed E-state index contributed by atoms with van der Waals surface area (Å²) in [4.78, 5) is 20.7. The Morgan fingerprint density at radius 3 is 2.83 bits per heavy atom. The van der Waals surface area contributed by atoms with Crippen LogP contribution in [0.1, 0.15) is 21.7 Å². The fourth-order valence-electron chi connectivity index (χ4n) is 1.92. The lowest BCUT2D eigenvalue weighted by atomic mass is 10.2. The highest BCUT2D eigenvalue weighted by molar-refractivity contribution is 7.98. The Hall–Kier alpha value is -2.67. The molecule has 0 aromatic carbocycles. The zero-order chi connectivity index (χ0) is 16.1. The molecule has 0 saturated heterocycles. The highest BCUT2D eigenvalue weighted by Crippen LogP contribution is 2.24. The van der Waals surface area contributed by atoms with E-state index < -0.39 is 0 Å². The van der Waals surface area contributed by atoms with Crippen molar-refractivity contribution in [3.63, 3.8) is 0 Å². The van der Waals surface area contributed by atoms with Crippen molar-refractivity contribution >= 4 is 23.5 Å². The van der Waals surface area contributed by atoms with Gasteiger partial charge < -0.3 is 9.84 Å². The molecule has 6 nitrogen and oxygen atoms in total. The summed E-state index contributed by atoms with van der Waals surface area (Å²) in [6.07, 6.45) is 5.16. The molecular formula is C16H14N4O2S. The Kier molecular flexibility index (Phi) is 4.68. The lowest BCUT2D eigenvalue weighted by Gasteiger charge is -2.07. The molecule has 3 aromatic rings. The summed E-state index contributed by atoms with van der Waals surface area (Å²) < 4.78 is 4.95. The van der Waals surface area contributed by atoms with Crippen LogP contribution in [0.25, 0.3) is 0 Å². The van der Waals surface area contributed by atoms with Crippen LogP contribution in [0.5, 0.6) is 0 Å². The van der Waals surface area contributed by atoms with Crippen molar-refractivity contribution in [2.75, 3.05) is 5.32 Å². The van der Waals surface area contributed by atoms with Gasteiger partial charge in [0.05, 0.1) is 5.56 Å². The van der Waals surface area contributed by atoms with E-state index >= 15 is 0 Å². The third kappa shape index (κ3) is 3.95. The molecule has 3 aromatic heterocycles. The first kappa shape index (κ1) is 15.2. The highest BCUT2D eigenvalue weighted by Gasteiger charge is 2.14. The molecular weight excluding hydrogens is 312 g/mol. The van der Waals surface area contributed by atoms with Crippen LogP contribution in [0, 0.1) is 6.92 Å². The topological polar surface area (TPSA) is 80.9 Å². The Morgan fingerprint density at radius 1 is 1.26 bits per heavy atom. The van der Waals surface area contributed by atoms with Crippen LogP contribution in [-0.4, -0.2) is 21.0 Å². The van der Waals surface area contributed by atoms with Crippen LogP contribution >= 0.6 is 11.8 Å². The number of carbonyl (C=O) groups excluding carboxylic acids is 1. The predicted octanol–water partition coefficient (Wildman–Crippen LogP) is 3.32. The lowest BCUT2D eigenvalue weighted by molar-refractivity contribution is 0.102. The molecule has 0 saturated carbocycles. The lowest BCUT2D eigenvalue weighted by Crippen LogP contribution is -2.13. The van der Waals surface area contributed by atoms with E-state index in [1.807, 2.05) is 12.1 Å². The smallest absolute Gasteiger partial charge is 0.259 e. The second-order valence-electron chi connectivity index (χ2n) is 4.78. The number of amides is 1. The van der Waals surface area contributed by atoms with E-state index in [-0.39, 0.29) is 5.91 Å². The molecule has 0 aliphatic carbocycles. The van der Waals surface area contributed by atoms with Crippen molar-refractivity contribution in [3.8, 4) is 0 Å². The van der Waals surface area contributed by atoms with Crippen LogP contribution in [0.3, 0.4) is 0 Å². The second-order valence-corrected chi connectivity index (χ2v) is 5.74. The number of nitrogens with one attached hydrogen (secondary N) is 1. The number of nitrogens with zero attached hydrogens (tertiary/aromatic N) is 3. The van der Waals surface area contributed by atoms with Crippen molar-refractivity contribution in [1.82, 2.24) is 15.1 Å². The van der Waals surface area contributed by atoms with Crippen molar-refractivity contribution in [3.05, 3.63) is 65.8 Å². The van der Waals surface area contributed by atoms with Gasteiger partial charge in [0.1, 0.15) is 10.8 Å². The zero-order valence-electron chi connectivity index (χ0n) is 12.4. The minimum atomic E-state index is -0.261. The van der Waals surface area contributed by atoms with E-state index in [4.69, 9.17) is 4.52 Å². The van der Waals surface area contributed by atoms with Crippen LogP contribution in [0.15, 0.2) is 58.5 Å². The molecule has 3 rings (SSSR count). The summed E-state index contributed by atoms with van der Waals surface area (Å²) in [7, 11) is 0. The summed E-state index contributed by atoms with van der Waals surface area (Å²) in [6, 6.07) is 9.02. The molecule has 0 bridgehead atoms. The number of rotatable bonds is 5. The first-order chi connectivity index (χ1) is 11.2. The number of aryl methyl sites for hydroxylation is 1. The number of hydrogen-bond acceptors (Lipinski definition) is 6. The average Bonchev–Trinajstić information content (AvgIpc) is 2.99. The summed E-state index contributed by atoms with van der Waals surface area (Å²) >= 11 is 1.50. The Labute approximate surface area is 137 Å². The highest BCUT2D eigenvalue weighted by atomic mass is 32.2. The molecule has 116 valence electrons. The van der Waals surface area contributed by atoms with E-state index in [0.717, 1.165) is 5.56 Å². The van der Waals surface area contributed by atoms with Crippen molar-refractivity contribution < 1.29 is 9.32 Å². The largest absolute Gasteiger partial charge is 0.360 e. The van der Waals surface area contributed by atoms with Gasteiger partial charge >= 0.3 is 0 Å². The third-order valence-corrected chi connectivity index (χ3v) is 4.09. The van der Waals surface area contributed by atoms with E-state index in [1.54, 1.807) is 43.7 Å². The maximum atomic E-state index is 12.4. The Bertz CT molecular complexity index is 805. The quantitative estimate of drug-likeness (QED) is 0.724. The van der Waals surface area contributed by atoms with Crippen molar-refractivity contribution in [1.29, 1.82) is 0 Å². The molecule has 7 heteroatoms. The fourth-order valence-corrected chi connectivity index (χ4v) is 2.87. The number of pyridine rings is 2. The van der Waals surface area contributed by atoms with E-state index in [1.165, 1.54) is 11.8 Å². The second kappa shape index (κ2) is 7.06. The number of hydrogen-bond donors (Lipinski definition) is 1. The van der Waals surface area contributed by atoms with Gasteiger partial charge in [-0.2, -0.15) is 0 Å². The van der Waals surface area contributed by atoms with Gasteiger partial charge in [0, 0.05) is 30.4 Å². The van der Waals surface area contributed by atoms with Crippen molar-refractivity contribution in [2.45, 2.75) is 17.7 Å². The maximum absolute atomic E-state index is 12.4. The molecule has 0 spiro atoms. The molecule has 0 aliphatic heterocycles. The molecule has 1 amide bonds. The summed E-state index contributed by atoms with van der Waals surface area (Å²) in [6.45, 7) is 1.77. The monoisotopic (exact) mass is 326 g/mol. The normalized spacial score (nSPS) is 10.5. The van der Waals surface area contributed by atoms with Crippen LogP contribution in [-0.2, 0) is 5.75 Å². The van der Waals surface area contributed by atoms with E-state index in [2.05, 4.69) is 20.4 Å². The van der Waals surface area contributed by atoms with E-state index in [9.17, 15) is 4.79 Å². The minimum Gasteiger partial charge on any atom is -0.360 e. The van der Waals surface area contributed by atoms with Crippen LogP contribution in [0.4, 0.5) is 5.82 Å². The summed E-state index contributed by atoms with van der Waals surface area (Å²) in [5.74, 6) is 1.48. The number of carbonyl (C=O) groups is 1. The first-order valence-electron chi connectivity index (χ1n) is 6.94. The number of anilines is 1. The molecule has 23 heavy (non-hydrogen) atoms. The molecule has 0 atom stereocenters. The summed E-state index contributed by atoms with van der Waals surface area (Å²) in [5.41, 5.74) is 1.63. The standard InChI is InChI=1S/C16H14N4O2S/c1-11-9-14(20-22-11)19-15(21)13-3-2-6-18-16(13)23-10-12-4-7-17-8-5-12/h2-9H,10H2,1H3,(H,19,20,21). The summed E-state index contributed by atoms with van der Waals surface area (Å²) in [5, 5.41) is 7.14. The molecule has 0 aliphatic rings. The number of thioether (sulfide) groups is 1. The zero-order valence-corrected chi connectivity index (χ0v) is 13.2. The first-order valence-corrected chi connectivity index (χ1v) is 7.92. The molecule has 3 heterocycles. The van der Waals surface area contributed by atoms with Gasteiger partial charge in [-0.1, -0.05) is 5.16 Å². The molecule has 1 N–H and O–H groups in total. The van der Waals surface area contributed by atoms with Gasteiger partial charge in [0.15, 0.2) is 5.82 Å². The average molecular weight is 326 g/mol. The minimum absolute atomic E-state index is 0.261. The maximum Gasteiger partial charge on any atom is 0.259 e. The molecule has 0 radical (unpaired) electrons. The fraction of sp³-hybridized carbons (Fsp3) is 0.125. The van der Waals surface area contributed by atoms with Gasteiger partial charge in [-0.15, -0.1) is 11.8 Å². The molecule has 0 fully saturated rings. The van der Waals surface area contributed by atoms with Crippen LogP contribution < -0.4 is 5.32 Å². The predicted molar refractivity (Wildman–Crippen MR) is 87.2 cm³/mol. The van der Waals surface area contributed by atoms with Crippen LogP contribution in [0.2, 0.25) is 0 Å². The third-order valence-electron chi connectivity index (χ3n) is 3.01.